The van der Waals surface area contributed by atoms with Crippen molar-refractivity contribution in [2.24, 2.45) is 5.73 Å². The molecule has 0 aromatic heterocycles. The number of amides is 3. The highest BCUT2D eigenvalue weighted by Crippen LogP contribution is 2.05. The number of carbonyl (C=O) groups excluding carboxylic acids is 3. The Morgan fingerprint density at radius 2 is 1.79 bits per heavy atom. The molecule has 19 heavy (non-hydrogen) atoms. The Kier molecular flexibility index (Phi) is 4.88. The topological polar surface area (TPSA) is 95.7 Å². The second kappa shape index (κ2) is 6.01. The summed E-state index contributed by atoms with van der Waals surface area (Å²) in [6.45, 7) is 6.96. The van der Waals surface area contributed by atoms with Gasteiger partial charge in [0.2, 0.25) is 5.91 Å². The molecule has 0 aromatic rings. The summed E-state index contributed by atoms with van der Waals surface area (Å²) >= 11 is 0. The first-order valence-corrected chi connectivity index (χ1v) is 6.40. The van der Waals surface area contributed by atoms with E-state index in [-0.39, 0.29) is 12.5 Å². The van der Waals surface area contributed by atoms with Crippen LogP contribution in [-0.2, 0) is 14.4 Å². The van der Waals surface area contributed by atoms with E-state index in [1.807, 2.05) is 6.92 Å². The molecule has 1 heterocycles. The van der Waals surface area contributed by atoms with E-state index in [1.54, 1.807) is 13.8 Å². The van der Waals surface area contributed by atoms with Crippen molar-refractivity contribution in [3.8, 4) is 0 Å². The Morgan fingerprint density at radius 3 is 2.32 bits per heavy atom. The fraction of sp³-hybridized carbons (Fsp3) is 0.750. The van der Waals surface area contributed by atoms with E-state index >= 15 is 0 Å². The van der Waals surface area contributed by atoms with Gasteiger partial charge in [-0.3, -0.25) is 14.4 Å². The average Bonchev–Trinajstić information content (AvgIpc) is 2.35. The Morgan fingerprint density at radius 1 is 1.26 bits per heavy atom. The van der Waals surface area contributed by atoms with Crippen LogP contribution in [0, 0.1) is 0 Å². The smallest absolute Gasteiger partial charge is 0.312 e. The van der Waals surface area contributed by atoms with Crippen molar-refractivity contribution in [3.63, 3.8) is 0 Å². The van der Waals surface area contributed by atoms with E-state index in [4.69, 9.17) is 5.73 Å². The molecule has 3 N–H and O–H groups in total. The van der Waals surface area contributed by atoms with Gasteiger partial charge in [-0.25, -0.2) is 0 Å². The number of hydrogen-bond acceptors (Lipinski definition) is 4. The van der Waals surface area contributed by atoms with Crippen LogP contribution >= 0.6 is 0 Å². The number of hydrogen-bond donors (Lipinski definition) is 2. The lowest BCUT2D eigenvalue weighted by atomic mass is 10.1. The Balaban J connectivity index is 2.57. The molecule has 0 aliphatic carbocycles. The molecule has 0 atom stereocenters. The summed E-state index contributed by atoms with van der Waals surface area (Å²) in [5, 5.41) is 2.73. The summed E-state index contributed by atoms with van der Waals surface area (Å²) in [5.41, 5.74) is 5.00. The Labute approximate surface area is 113 Å². The lowest BCUT2D eigenvalue weighted by Gasteiger charge is -2.33. The standard InChI is InChI=1S/C12H22N4O3/c1-4-15-5-6-16(11(19)10(15)18)7-9(17)14-12(2,3)8-13/h4-8,13H2,1-3H3,(H,14,17). The van der Waals surface area contributed by atoms with Crippen LogP contribution in [0.1, 0.15) is 20.8 Å². The van der Waals surface area contributed by atoms with Gasteiger partial charge in [-0.05, 0) is 20.8 Å². The summed E-state index contributed by atoms with van der Waals surface area (Å²) in [5.74, 6) is -1.46. The van der Waals surface area contributed by atoms with Gasteiger partial charge in [0.05, 0.1) is 0 Å². The predicted molar refractivity (Wildman–Crippen MR) is 70.1 cm³/mol. The van der Waals surface area contributed by atoms with Gasteiger partial charge in [-0.1, -0.05) is 0 Å². The van der Waals surface area contributed by atoms with Crippen LogP contribution in [0.3, 0.4) is 0 Å². The first-order valence-electron chi connectivity index (χ1n) is 6.40. The number of rotatable bonds is 5. The quantitative estimate of drug-likeness (QED) is 0.596. The SMILES string of the molecule is CCN1CCN(CC(=O)NC(C)(C)CN)C(=O)C1=O. The average molecular weight is 270 g/mol. The van der Waals surface area contributed by atoms with E-state index in [0.717, 1.165) is 0 Å². The van der Waals surface area contributed by atoms with Gasteiger partial charge in [0.15, 0.2) is 0 Å². The summed E-state index contributed by atoms with van der Waals surface area (Å²) in [6, 6.07) is 0. The summed E-state index contributed by atoms with van der Waals surface area (Å²) < 4.78 is 0. The van der Waals surface area contributed by atoms with Crippen molar-refractivity contribution in [2.75, 3.05) is 32.7 Å². The Hall–Kier alpha value is -1.63. The molecule has 0 spiro atoms. The molecule has 1 aliphatic heterocycles. The highest BCUT2D eigenvalue weighted by Gasteiger charge is 2.33. The van der Waals surface area contributed by atoms with Crippen LogP contribution in [-0.4, -0.2) is 65.8 Å². The largest absolute Gasteiger partial charge is 0.348 e. The monoisotopic (exact) mass is 270 g/mol. The molecule has 108 valence electrons. The van der Waals surface area contributed by atoms with Crippen molar-refractivity contribution < 1.29 is 14.4 Å². The van der Waals surface area contributed by atoms with E-state index in [2.05, 4.69) is 5.32 Å². The van der Waals surface area contributed by atoms with E-state index in [0.29, 0.717) is 26.2 Å². The van der Waals surface area contributed by atoms with Crippen molar-refractivity contribution in [2.45, 2.75) is 26.3 Å². The number of nitrogens with one attached hydrogen (secondary N) is 1. The number of nitrogens with zero attached hydrogens (tertiary/aromatic N) is 2. The molecular formula is C12H22N4O3. The molecule has 7 heteroatoms. The van der Waals surface area contributed by atoms with Crippen LogP contribution in [0.25, 0.3) is 0 Å². The van der Waals surface area contributed by atoms with Crippen LogP contribution in [0.2, 0.25) is 0 Å². The number of piperazine rings is 1. The maximum atomic E-state index is 11.8. The first-order chi connectivity index (χ1) is 8.80. The van der Waals surface area contributed by atoms with Crippen molar-refractivity contribution in [1.82, 2.24) is 15.1 Å². The van der Waals surface area contributed by atoms with Crippen molar-refractivity contribution in [3.05, 3.63) is 0 Å². The van der Waals surface area contributed by atoms with Crippen molar-refractivity contribution in [1.29, 1.82) is 0 Å². The summed E-state index contributed by atoms with van der Waals surface area (Å²) in [6.07, 6.45) is 0. The lowest BCUT2D eigenvalue weighted by Crippen LogP contribution is -2.58. The number of carbonyl (C=O) groups is 3. The minimum Gasteiger partial charge on any atom is -0.348 e. The molecule has 1 saturated heterocycles. The highest BCUT2D eigenvalue weighted by atomic mass is 16.2. The minimum absolute atomic E-state index is 0.106. The van der Waals surface area contributed by atoms with Gasteiger partial charge in [0.1, 0.15) is 6.54 Å². The molecule has 0 saturated carbocycles. The molecule has 0 aromatic carbocycles. The van der Waals surface area contributed by atoms with Gasteiger partial charge in [0, 0.05) is 31.7 Å². The molecule has 1 aliphatic rings. The second-order valence-corrected chi connectivity index (χ2v) is 5.25. The lowest BCUT2D eigenvalue weighted by molar-refractivity contribution is -0.156. The van der Waals surface area contributed by atoms with Crippen LogP contribution in [0.15, 0.2) is 0 Å². The minimum atomic E-state index is -0.617. The van der Waals surface area contributed by atoms with Gasteiger partial charge in [0.25, 0.3) is 0 Å². The molecule has 0 radical (unpaired) electrons. The zero-order chi connectivity index (χ0) is 14.6. The van der Waals surface area contributed by atoms with Crippen LogP contribution < -0.4 is 11.1 Å². The van der Waals surface area contributed by atoms with Crippen molar-refractivity contribution >= 4 is 17.7 Å². The van der Waals surface area contributed by atoms with E-state index in [9.17, 15) is 14.4 Å². The molecule has 0 bridgehead atoms. The second-order valence-electron chi connectivity index (χ2n) is 5.25. The first kappa shape index (κ1) is 15.4. The zero-order valence-corrected chi connectivity index (χ0v) is 11.7. The molecule has 3 amide bonds. The van der Waals surface area contributed by atoms with Gasteiger partial charge >= 0.3 is 11.8 Å². The third-order valence-corrected chi connectivity index (χ3v) is 3.10. The fourth-order valence-corrected chi connectivity index (χ4v) is 1.81. The van der Waals surface area contributed by atoms with E-state index < -0.39 is 17.4 Å². The Bertz CT molecular complexity index is 381. The number of likely N-dealkylation sites (N-methyl/N-ethyl adjacent to an activating group) is 1. The third-order valence-electron chi connectivity index (χ3n) is 3.10. The maximum absolute atomic E-state index is 11.8. The van der Waals surface area contributed by atoms with Gasteiger partial charge in [-0.15, -0.1) is 0 Å². The van der Waals surface area contributed by atoms with Gasteiger partial charge in [-0.2, -0.15) is 0 Å². The van der Waals surface area contributed by atoms with E-state index in [1.165, 1.54) is 9.80 Å². The molecular weight excluding hydrogens is 248 g/mol. The number of nitrogens with two attached hydrogens (primary N) is 1. The normalized spacial score (nSPS) is 16.8. The molecule has 1 rings (SSSR count). The predicted octanol–water partition coefficient (Wildman–Crippen LogP) is -1.47. The highest BCUT2D eigenvalue weighted by molar-refractivity contribution is 6.35. The summed E-state index contributed by atoms with van der Waals surface area (Å²) in [4.78, 5) is 38.0. The molecule has 7 nitrogen and oxygen atoms in total. The van der Waals surface area contributed by atoms with Crippen LogP contribution in [0.5, 0.6) is 0 Å². The van der Waals surface area contributed by atoms with Crippen LogP contribution in [0.4, 0.5) is 0 Å². The molecule has 0 unspecified atom stereocenters. The maximum Gasteiger partial charge on any atom is 0.312 e. The summed E-state index contributed by atoms with van der Waals surface area (Å²) in [7, 11) is 0. The zero-order valence-electron chi connectivity index (χ0n) is 11.7. The molecule has 1 fully saturated rings. The third kappa shape index (κ3) is 3.92. The fourth-order valence-electron chi connectivity index (χ4n) is 1.81. The van der Waals surface area contributed by atoms with Gasteiger partial charge < -0.3 is 20.9 Å².